The predicted octanol–water partition coefficient (Wildman–Crippen LogP) is 5.45. The zero-order valence-corrected chi connectivity index (χ0v) is 16.5. The molecule has 0 amide bonds. The number of Topliss-reactive ketones (excluding diaryl/α,β-unsaturated/α-hetero) is 1. The number of hydrogen-bond acceptors (Lipinski definition) is 3. The lowest BCUT2D eigenvalue weighted by Crippen LogP contribution is -2.13. The molecule has 2 aromatic rings. The highest BCUT2D eigenvalue weighted by molar-refractivity contribution is 5.97. The van der Waals surface area contributed by atoms with Crippen LogP contribution in [0.1, 0.15) is 36.8 Å². The Balaban J connectivity index is 1.57. The summed E-state index contributed by atoms with van der Waals surface area (Å²) in [6, 6.07) is 18.3. The Kier molecular flexibility index (Phi) is 7.62. The van der Waals surface area contributed by atoms with E-state index in [0.29, 0.717) is 19.4 Å². The molecule has 1 aliphatic carbocycles. The first-order chi connectivity index (χ1) is 13.7. The summed E-state index contributed by atoms with van der Waals surface area (Å²) >= 11 is 0. The van der Waals surface area contributed by atoms with Crippen LogP contribution in [0.3, 0.4) is 0 Å². The van der Waals surface area contributed by atoms with Crippen LogP contribution in [-0.4, -0.2) is 19.0 Å². The van der Waals surface area contributed by atoms with Gasteiger partial charge in [-0.2, -0.15) is 0 Å². The molecule has 0 radical (unpaired) electrons. The molecule has 1 atom stereocenters. The Bertz CT molecular complexity index is 821. The first kappa shape index (κ1) is 20.1. The van der Waals surface area contributed by atoms with Crippen molar-refractivity contribution in [2.45, 2.75) is 44.8 Å². The molecule has 28 heavy (non-hydrogen) atoms. The molecule has 0 heterocycles. The summed E-state index contributed by atoms with van der Waals surface area (Å²) in [6.07, 6.45) is 10.3. The largest absolute Gasteiger partial charge is 0.497 e. The van der Waals surface area contributed by atoms with Crippen molar-refractivity contribution >= 4 is 5.78 Å². The van der Waals surface area contributed by atoms with Crippen molar-refractivity contribution in [2.24, 2.45) is 0 Å². The fourth-order valence-electron chi connectivity index (χ4n) is 3.35. The van der Waals surface area contributed by atoms with Crippen molar-refractivity contribution in [3.05, 3.63) is 89.5 Å². The summed E-state index contributed by atoms with van der Waals surface area (Å²) < 4.78 is 11.4. The smallest absolute Gasteiger partial charge is 0.158 e. The molecule has 3 heteroatoms. The molecule has 0 N–H and O–H groups in total. The Morgan fingerprint density at radius 2 is 1.89 bits per heavy atom. The van der Waals surface area contributed by atoms with Gasteiger partial charge in [0.05, 0.1) is 19.8 Å². The summed E-state index contributed by atoms with van der Waals surface area (Å²) in [4.78, 5) is 12.0. The normalized spacial score (nSPS) is 15.0. The van der Waals surface area contributed by atoms with E-state index in [1.54, 1.807) is 7.11 Å². The number of benzene rings is 2. The third-order valence-electron chi connectivity index (χ3n) is 4.93. The third-order valence-corrected chi connectivity index (χ3v) is 4.93. The van der Waals surface area contributed by atoms with Crippen LogP contribution in [0, 0.1) is 0 Å². The van der Waals surface area contributed by atoms with Crippen molar-refractivity contribution in [1.82, 2.24) is 0 Å². The average Bonchev–Trinajstić information content (AvgIpc) is 3.14. The predicted molar refractivity (Wildman–Crippen MR) is 112 cm³/mol. The second-order valence-electron chi connectivity index (χ2n) is 7.05. The van der Waals surface area contributed by atoms with E-state index in [2.05, 4.69) is 42.5 Å². The Morgan fingerprint density at radius 1 is 1.07 bits per heavy atom. The van der Waals surface area contributed by atoms with Gasteiger partial charge in [-0.1, -0.05) is 60.7 Å². The van der Waals surface area contributed by atoms with Crippen LogP contribution >= 0.6 is 0 Å². The fourth-order valence-corrected chi connectivity index (χ4v) is 3.35. The number of aryl methyl sites for hydroxylation is 1. The zero-order chi connectivity index (χ0) is 19.6. The van der Waals surface area contributed by atoms with Gasteiger partial charge in [0.15, 0.2) is 5.78 Å². The SMILES string of the molecule is COc1cccc(CC/C=C/C(CC2=CCCC2=O)OCc2ccccc2)c1. The second kappa shape index (κ2) is 10.6. The average molecular weight is 376 g/mol. The summed E-state index contributed by atoms with van der Waals surface area (Å²) in [6.45, 7) is 0.549. The zero-order valence-electron chi connectivity index (χ0n) is 16.5. The van der Waals surface area contributed by atoms with Gasteiger partial charge >= 0.3 is 0 Å². The highest BCUT2D eigenvalue weighted by Crippen LogP contribution is 2.21. The lowest BCUT2D eigenvalue weighted by atomic mass is 10.0. The van der Waals surface area contributed by atoms with Gasteiger partial charge in [0.25, 0.3) is 0 Å². The molecule has 2 aromatic carbocycles. The molecule has 1 aliphatic rings. The highest BCUT2D eigenvalue weighted by Gasteiger charge is 2.18. The van der Waals surface area contributed by atoms with Crippen LogP contribution in [0.15, 0.2) is 78.4 Å². The number of carbonyl (C=O) groups is 1. The minimum Gasteiger partial charge on any atom is -0.497 e. The molecule has 1 unspecified atom stereocenters. The number of methoxy groups -OCH3 is 1. The standard InChI is InChI=1S/C25H28O3/c1-27-23-15-7-12-20(17-23)9-5-6-14-24(18-22-13-8-16-25(22)26)28-19-21-10-3-2-4-11-21/h2-4,6-7,10-15,17,24H,5,8-9,16,18-19H2,1H3/b14-6+. The first-order valence-electron chi connectivity index (χ1n) is 9.92. The maximum atomic E-state index is 12.0. The van der Waals surface area contributed by atoms with Crippen molar-refractivity contribution in [1.29, 1.82) is 0 Å². The molecule has 0 spiro atoms. The highest BCUT2D eigenvalue weighted by atomic mass is 16.5. The number of hydrogen-bond donors (Lipinski definition) is 0. The molecular weight excluding hydrogens is 348 g/mol. The lowest BCUT2D eigenvalue weighted by molar-refractivity contribution is -0.115. The minimum absolute atomic E-state index is 0.0844. The molecule has 3 rings (SSSR count). The fraction of sp³-hybridized carbons (Fsp3) is 0.320. The van der Waals surface area contributed by atoms with E-state index in [1.807, 2.05) is 30.3 Å². The van der Waals surface area contributed by atoms with Crippen LogP contribution in [0.25, 0.3) is 0 Å². The van der Waals surface area contributed by atoms with Crippen LogP contribution in [0.5, 0.6) is 5.75 Å². The molecule has 0 aliphatic heterocycles. The molecule has 146 valence electrons. The number of ether oxygens (including phenoxy) is 2. The molecule has 0 saturated heterocycles. The number of carbonyl (C=O) groups excluding carboxylic acids is 1. The number of ketones is 1. The van der Waals surface area contributed by atoms with Gasteiger partial charge in [-0.3, -0.25) is 4.79 Å². The van der Waals surface area contributed by atoms with Crippen LogP contribution in [0.2, 0.25) is 0 Å². The van der Waals surface area contributed by atoms with Gasteiger partial charge in [0, 0.05) is 12.8 Å². The van der Waals surface area contributed by atoms with E-state index in [-0.39, 0.29) is 11.9 Å². The van der Waals surface area contributed by atoms with Gasteiger partial charge in [-0.15, -0.1) is 0 Å². The van der Waals surface area contributed by atoms with Gasteiger partial charge in [0.1, 0.15) is 5.75 Å². The van der Waals surface area contributed by atoms with Crippen LogP contribution in [0.4, 0.5) is 0 Å². The number of allylic oxidation sites excluding steroid dienone is 2. The summed E-state index contributed by atoms with van der Waals surface area (Å²) in [7, 11) is 1.69. The van der Waals surface area contributed by atoms with E-state index in [1.165, 1.54) is 5.56 Å². The monoisotopic (exact) mass is 376 g/mol. The quantitative estimate of drug-likeness (QED) is 0.517. The van der Waals surface area contributed by atoms with Crippen molar-refractivity contribution in [3.8, 4) is 5.75 Å². The first-order valence-corrected chi connectivity index (χ1v) is 9.92. The topological polar surface area (TPSA) is 35.5 Å². The summed E-state index contributed by atoms with van der Waals surface area (Å²) in [5.74, 6) is 1.15. The van der Waals surface area contributed by atoms with Gasteiger partial charge in [-0.05, 0) is 48.1 Å². The van der Waals surface area contributed by atoms with E-state index < -0.39 is 0 Å². The Morgan fingerprint density at radius 3 is 2.64 bits per heavy atom. The van der Waals surface area contributed by atoms with Crippen molar-refractivity contribution in [3.63, 3.8) is 0 Å². The third kappa shape index (κ3) is 6.21. The maximum Gasteiger partial charge on any atom is 0.158 e. The summed E-state index contributed by atoms with van der Waals surface area (Å²) in [5.41, 5.74) is 3.30. The van der Waals surface area contributed by atoms with Gasteiger partial charge < -0.3 is 9.47 Å². The van der Waals surface area contributed by atoms with Crippen LogP contribution in [-0.2, 0) is 22.6 Å². The maximum absolute atomic E-state index is 12.0. The Hall–Kier alpha value is -2.65. The van der Waals surface area contributed by atoms with E-state index in [4.69, 9.17) is 9.47 Å². The molecule has 0 fully saturated rings. The van der Waals surface area contributed by atoms with E-state index >= 15 is 0 Å². The molecule has 0 aromatic heterocycles. The van der Waals surface area contributed by atoms with Crippen LogP contribution < -0.4 is 4.74 Å². The minimum atomic E-state index is -0.0844. The van der Waals surface area contributed by atoms with E-state index in [9.17, 15) is 4.79 Å². The Labute approximate surface area is 167 Å². The van der Waals surface area contributed by atoms with Crippen molar-refractivity contribution < 1.29 is 14.3 Å². The number of rotatable bonds is 10. The van der Waals surface area contributed by atoms with Crippen molar-refractivity contribution in [2.75, 3.05) is 7.11 Å². The molecular formula is C25H28O3. The summed E-state index contributed by atoms with van der Waals surface area (Å²) in [5, 5.41) is 0. The molecule has 0 bridgehead atoms. The van der Waals surface area contributed by atoms with Gasteiger partial charge in [0.2, 0.25) is 0 Å². The molecule has 3 nitrogen and oxygen atoms in total. The van der Waals surface area contributed by atoms with Gasteiger partial charge in [-0.25, -0.2) is 0 Å². The molecule has 0 saturated carbocycles. The van der Waals surface area contributed by atoms with E-state index in [0.717, 1.165) is 36.1 Å². The second-order valence-corrected chi connectivity index (χ2v) is 7.05. The lowest BCUT2D eigenvalue weighted by Gasteiger charge is -2.15.